The van der Waals surface area contributed by atoms with Crippen LogP contribution < -0.4 is 0 Å². The van der Waals surface area contributed by atoms with Crippen molar-refractivity contribution < 1.29 is 9.53 Å². The standard InChI is InChI=1S/C39H78O2/c1-3-5-7-9-11-13-15-17-19-21-22-23-25-27-29-31-33-35-37-39(40)41-38-36-34-32-30-28-26-24-20-18-16-14-12-10-8-6-4-2/h3-38H2,1-2H3. The fourth-order valence-electron chi connectivity index (χ4n) is 6.08. The Morgan fingerprint density at radius 1 is 0.317 bits per heavy atom. The molecule has 0 radical (unpaired) electrons. The molecule has 0 saturated heterocycles. The predicted octanol–water partition coefficient (Wildman–Crippen LogP) is 14.2. The molecule has 2 nitrogen and oxygen atoms in total. The van der Waals surface area contributed by atoms with Crippen LogP contribution in [0.5, 0.6) is 0 Å². The number of rotatable bonds is 36. The predicted molar refractivity (Wildman–Crippen MR) is 184 cm³/mol. The van der Waals surface area contributed by atoms with E-state index in [2.05, 4.69) is 13.8 Å². The minimum atomic E-state index is 0.0300. The molecule has 0 rings (SSSR count). The molecule has 0 spiro atoms. The first-order valence-electron chi connectivity index (χ1n) is 19.5. The third-order valence-corrected chi connectivity index (χ3v) is 9.00. The van der Waals surface area contributed by atoms with E-state index in [-0.39, 0.29) is 5.97 Å². The minimum absolute atomic E-state index is 0.0300. The molecule has 0 aromatic carbocycles. The molecule has 0 bridgehead atoms. The molecule has 41 heavy (non-hydrogen) atoms. The molecule has 0 aliphatic carbocycles. The van der Waals surface area contributed by atoms with Gasteiger partial charge in [0.05, 0.1) is 6.61 Å². The van der Waals surface area contributed by atoms with Crippen LogP contribution in [-0.2, 0) is 9.53 Å². The summed E-state index contributed by atoms with van der Waals surface area (Å²) in [5.41, 5.74) is 0. The van der Waals surface area contributed by atoms with Gasteiger partial charge in [-0.1, -0.05) is 219 Å². The van der Waals surface area contributed by atoms with E-state index in [9.17, 15) is 4.79 Å². The van der Waals surface area contributed by atoms with Crippen molar-refractivity contribution in [1.82, 2.24) is 0 Å². The molecule has 0 fully saturated rings. The van der Waals surface area contributed by atoms with E-state index in [1.165, 1.54) is 205 Å². The molecule has 0 heterocycles. The second-order valence-electron chi connectivity index (χ2n) is 13.3. The van der Waals surface area contributed by atoms with Gasteiger partial charge in [0.1, 0.15) is 0 Å². The van der Waals surface area contributed by atoms with Gasteiger partial charge >= 0.3 is 5.97 Å². The number of hydrogen-bond acceptors (Lipinski definition) is 2. The third-order valence-electron chi connectivity index (χ3n) is 9.00. The maximum atomic E-state index is 12.0. The van der Waals surface area contributed by atoms with Gasteiger partial charge in [-0.3, -0.25) is 4.79 Å². The van der Waals surface area contributed by atoms with Crippen molar-refractivity contribution in [2.75, 3.05) is 6.61 Å². The van der Waals surface area contributed by atoms with Gasteiger partial charge in [0, 0.05) is 6.42 Å². The quantitative estimate of drug-likeness (QED) is 0.0546. The SMILES string of the molecule is CCCCCCCCCCCCCCCCCCCCC(=O)OCCCCCCCCCCCCCCCCCC. The van der Waals surface area contributed by atoms with Crippen LogP contribution in [0.15, 0.2) is 0 Å². The molecular weight excluding hydrogens is 500 g/mol. The molecule has 0 amide bonds. The van der Waals surface area contributed by atoms with Gasteiger partial charge < -0.3 is 4.74 Å². The summed E-state index contributed by atoms with van der Waals surface area (Å²) in [4.78, 5) is 12.0. The zero-order valence-electron chi connectivity index (χ0n) is 28.8. The van der Waals surface area contributed by atoms with Crippen molar-refractivity contribution in [2.24, 2.45) is 0 Å². The van der Waals surface area contributed by atoms with Gasteiger partial charge in [-0.2, -0.15) is 0 Å². The van der Waals surface area contributed by atoms with Crippen molar-refractivity contribution in [1.29, 1.82) is 0 Å². The van der Waals surface area contributed by atoms with Crippen LogP contribution in [0.4, 0.5) is 0 Å². The van der Waals surface area contributed by atoms with Crippen LogP contribution in [-0.4, -0.2) is 12.6 Å². The monoisotopic (exact) mass is 579 g/mol. The number of hydrogen-bond donors (Lipinski definition) is 0. The summed E-state index contributed by atoms with van der Waals surface area (Å²) in [5.74, 6) is 0.0300. The van der Waals surface area contributed by atoms with Crippen LogP contribution in [0.1, 0.15) is 239 Å². The fourth-order valence-corrected chi connectivity index (χ4v) is 6.08. The molecule has 0 saturated carbocycles. The molecule has 0 aromatic heterocycles. The Bertz CT molecular complexity index is 474. The maximum Gasteiger partial charge on any atom is 0.305 e. The molecule has 0 N–H and O–H groups in total. The van der Waals surface area contributed by atoms with Gasteiger partial charge in [-0.05, 0) is 12.8 Å². The lowest BCUT2D eigenvalue weighted by molar-refractivity contribution is -0.143. The second kappa shape index (κ2) is 37.5. The number of ether oxygens (including phenoxy) is 1. The molecule has 0 aromatic rings. The van der Waals surface area contributed by atoms with Crippen molar-refractivity contribution in [2.45, 2.75) is 239 Å². The minimum Gasteiger partial charge on any atom is -0.466 e. The summed E-state index contributed by atoms with van der Waals surface area (Å²) in [6.07, 6.45) is 47.5. The van der Waals surface area contributed by atoms with Crippen LogP contribution in [0.3, 0.4) is 0 Å². The Kier molecular flexibility index (Phi) is 37.0. The lowest BCUT2D eigenvalue weighted by Gasteiger charge is -2.06. The van der Waals surface area contributed by atoms with E-state index in [0.717, 1.165) is 12.8 Å². The lowest BCUT2D eigenvalue weighted by atomic mass is 10.0. The molecule has 0 aliphatic rings. The normalized spacial score (nSPS) is 11.4. The second-order valence-corrected chi connectivity index (χ2v) is 13.3. The van der Waals surface area contributed by atoms with Crippen molar-refractivity contribution in [3.8, 4) is 0 Å². The van der Waals surface area contributed by atoms with Crippen molar-refractivity contribution in [3.63, 3.8) is 0 Å². The number of carbonyl (C=O) groups excluding carboxylic acids is 1. The van der Waals surface area contributed by atoms with E-state index in [0.29, 0.717) is 13.0 Å². The van der Waals surface area contributed by atoms with Gasteiger partial charge in [-0.25, -0.2) is 0 Å². The van der Waals surface area contributed by atoms with Gasteiger partial charge in [-0.15, -0.1) is 0 Å². The Morgan fingerprint density at radius 3 is 0.805 bits per heavy atom. The van der Waals surface area contributed by atoms with Gasteiger partial charge in [0.15, 0.2) is 0 Å². The Morgan fingerprint density at radius 2 is 0.537 bits per heavy atom. The number of unbranched alkanes of at least 4 members (excludes halogenated alkanes) is 32. The fraction of sp³-hybridized carbons (Fsp3) is 0.974. The van der Waals surface area contributed by atoms with E-state index < -0.39 is 0 Å². The first kappa shape index (κ1) is 40.5. The first-order chi connectivity index (χ1) is 20.3. The van der Waals surface area contributed by atoms with Crippen molar-refractivity contribution >= 4 is 5.97 Å². The average molecular weight is 579 g/mol. The lowest BCUT2D eigenvalue weighted by Crippen LogP contribution is -2.05. The van der Waals surface area contributed by atoms with Crippen LogP contribution in [0.25, 0.3) is 0 Å². The van der Waals surface area contributed by atoms with E-state index in [4.69, 9.17) is 4.74 Å². The van der Waals surface area contributed by atoms with Crippen LogP contribution >= 0.6 is 0 Å². The summed E-state index contributed by atoms with van der Waals surface area (Å²) < 4.78 is 5.46. The average Bonchev–Trinajstić information content (AvgIpc) is 2.98. The molecule has 2 heteroatoms. The third kappa shape index (κ3) is 37.4. The van der Waals surface area contributed by atoms with E-state index >= 15 is 0 Å². The highest BCUT2D eigenvalue weighted by Gasteiger charge is 2.03. The topological polar surface area (TPSA) is 26.3 Å². The summed E-state index contributed by atoms with van der Waals surface area (Å²) in [6, 6.07) is 0. The Hall–Kier alpha value is -0.530. The zero-order chi connectivity index (χ0) is 29.7. The zero-order valence-corrected chi connectivity index (χ0v) is 28.8. The molecular formula is C39H78O2. The van der Waals surface area contributed by atoms with Gasteiger partial charge in [0.2, 0.25) is 0 Å². The molecule has 0 unspecified atom stereocenters. The molecule has 246 valence electrons. The number of carbonyl (C=O) groups is 1. The first-order valence-corrected chi connectivity index (χ1v) is 19.5. The smallest absolute Gasteiger partial charge is 0.305 e. The summed E-state index contributed by atoms with van der Waals surface area (Å²) in [7, 11) is 0. The Labute approximate surface area is 260 Å². The molecule has 0 aliphatic heterocycles. The van der Waals surface area contributed by atoms with Crippen LogP contribution in [0.2, 0.25) is 0 Å². The van der Waals surface area contributed by atoms with Crippen LogP contribution in [0, 0.1) is 0 Å². The summed E-state index contributed by atoms with van der Waals surface area (Å²) in [6.45, 7) is 5.22. The van der Waals surface area contributed by atoms with Crippen molar-refractivity contribution in [3.05, 3.63) is 0 Å². The number of esters is 1. The maximum absolute atomic E-state index is 12.0. The summed E-state index contributed by atoms with van der Waals surface area (Å²) in [5, 5.41) is 0. The Balaban J connectivity index is 3.14. The molecule has 0 atom stereocenters. The van der Waals surface area contributed by atoms with E-state index in [1.54, 1.807) is 0 Å². The summed E-state index contributed by atoms with van der Waals surface area (Å²) >= 11 is 0. The highest BCUT2D eigenvalue weighted by Crippen LogP contribution is 2.16. The highest BCUT2D eigenvalue weighted by molar-refractivity contribution is 5.69. The van der Waals surface area contributed by atoms with Gasteiger partial charge in [0.25, 0.3) is 0 Å². The largest absolute Gasteiger partial charge is 0.466 e. The van der Waals surface area contributed by atoms with E-state index in [1.807, 2.05) is 0 Å². The highest BCUT2D eigenvalue weighted by atomic mass is 16.5.